The van der Waals surface area contributed by atoms with E-state index >= 15 is 0 Å². The Bertz CT molecular complexity index is 1070. The number of hydrogen-bond donors (Lipinski definition) is 2. The average molecular weight is 464 g/mol. The number of hydrogen-bond acceptors (Lipinski definition) is 4. The second-order valence-corrected chi connectivity index (χ2v) is 8.75. The highest BCUT2D eigenvalue weighted by molar-refractivity contribution is 6.30. The molecular formula is C26H30ClN5O. The van der Waals surface area contributed by atoms with Crippen LogP contribution in [-0.4, -0.2) is 28.0 Å². The van der Waals surface area contributed by atoms with E-state index in [4.69, 9.17) is 16.9 Å². The predicted octanol–water partition coefficient (Wildman–Crippen LogP) is 4.32. The van der Waals surface area contributed by atoms with Gasteiger partial charge in [-0.25, -0.2) is 4.98 Å². The first-order chi connectivity index (χ1) is 16.0. The van der Waals surface area contributed by atoms with Gasteiger partial charge in [0, 0.05) is 42.6 Å². The molecule has 0 saturated heterocycles. The van der Waals surface area contributed by atoms with E-state index in [0.29, 0.717) is 24.6 Å². The lowest BCUT2D eigenvalue weighted by Crippen LogP contribution is -2.46. The van der Waals surface area contributed by atoms with E-state index in [1.54, 1.807) is 24.7 Å². The Morgan fingerprint density at radius 2 is 1.85 bits per heavy atom. The van der Waals surface area contributed by atoms with Gasteiger partial charge in [0.25, 0.3) is 0 Å². The van der Waals surface area contributed by atoms with Crippen LogP contribution < -0.4 is 10.6 Å². The summed E-state index contributed by atoms with van der Waals surface area (Å²) in [5.74, 6) is 0.324. The summed E-state index contributed by atoms with van der Waals surface area (Å²) in [5.41, 5.74) is 3.69. The van der Waals surface area contributed by atoms with Gasteiger partial charge in [-0.15, -0.1) is 0 Å². The van der Waals surface area contributed by atoms with Crippen LogP contribution in [0.15, 0.2) is 61.1 Å². The van der Waals surface area contributed by atoms with Crippen molar-refractivity contribution in [1.82, 2.24) is 20.2 Å². The molecule has 2 unspecified atom stereocenters. The number of benzene rings is 2. The lowest BCUT2D eigenvalue weighted by atomic mass is 9.98. The van der Waals surface area contributed by atoms with E-state index < -0.39 is 0 Å². The standard InChI is InChI=1S/C26H30ClN5O/c1-3-19(2)25(16-29-14-21-8-10-23(27)11-9-21)31-26(33)12-24-15-30-18-32(24)17-22-6-4-20(13-28)5-7-22/h4-11,15,18-19,25,29H,3,12,14,16-17H2,1-2H3,(H,31,33). The number of carbonyl (C=O) groups excluding carboxylic acids is 1. The molecule has 0 aliphatic heterocycles. The zero-order valence-corrected chi connectivity index (χ0v) is 19.8. The largest absolute Gasteiger partial charge is 0.351 e. The Morgan fingerprint density at radius 3 is 2.52 bits per heavy atom. The molecule has 1 amide bonds. The summed E-state index contributed by atoms with van der Waals surface area (Å²) in [6, 6.07) is 17.4. The van der Waals surface area contributed by atoms with Crippen LogP contribution in [-0.2, 0) is 24.3 Å². The van der Waals surface area contributed by atoms with E-state index in [1.807, 2.05) is 41.0 Å². The Kier molecular flexibility index (Phi) is 9.05. The molecule has 0 bridgehead atoms. The normalized spacial score (nSPS) is 12.7. The monoisotopic (exact) mass is 463 g/mol. The fourth-order valence-electron chi connectivity index (χ4n) is 3.59. The van der Waals surface area contributed by atoms with Gasteiger partial charge in [0.2, 0.25) is 5.91 Å². The zero-order valence-electron chi connectivity index (χ0n) is 19.1. The highest BCUT2D eigenvalue weighted by atomic mass is 35.5. The van der Waals surface area contributed by atoms with Gasteiger partial charge in [-0.3, -0.25) is 4.79 Å². The molecule has 7 heteroatoms. The topological polar surface area (TPSA) is 82.7 Å². The number of nitrogens with one attached hydrogen (secondary N) is 2. The summed E-state index contributed by atoms with van der Waals surface area (Å²) >= 11 is 5.96. The molecule has 0 radical (unpaired) electrons. The minimum absolute atomic E-state index is 0.0184. The number of aromatic nitrogens is 2. The summed E-state index contributed by atoms with van der Waals surface area (Å²) in [5, 5.41) is 16.3. The molecule has 0 saturated carbocycles. The third-order valence-electron chi connectivity index (χ3n) is 5.86. The van der Waals surface area contributed by atoms with Crippen molar-refractivity contribution in [3.8, 4) is 6.07 Å². The van der Waals surface area contributed by atoms with Gasteiger partial charge >= 0.3 is 0 Å². The lowest BCUT2D eigenvalue weighted by molar-refractivity contribution is -0.121. The van der Waals surface area contributed by atoms with Gasteiger partial charge in [0.1, 0.15) is 0 Å². The Hall–Kier alpha value is -3.14. The first-order valence-corrected chi connectivity index (χ1v) is 11.6. The first kappa shape index (κ1) is 24.5. The molecule has 1 heterocycles. The van der Waals surface area contributed by atoms with Crippen LogP contribution in [0.25, 0.3) is 0 Å². The number of imidazole rings is 1. The molecule has 0 aliphatic rings. The lowest BCUT2D eigenvalue weighted by Gasteiger charge is -2.25. The van der Waals surface area contributed by atoms with Crippen LogP contribution >= 0.6 is 11.6 Å². The highest BCUT2D eigenvalue weighted by Gasteiger charge is 2.19. The number of halogens is 1. The summed E-state index contributed by atoms with van der Waals surface area (Å²) in [4.78, 5) is 17.1. The van der Waals surface area contributed by atoms with Gasteiger partial charge in [-0.05, 0) is 41.3 Å². The van der Waals surface area contributed by atoms with E-state index in [-0.39, 0.29) is 18.4 Å². The second kappa shape index (κ2) is 12.2. The van der Waals surface area contributed by atoms with Gasteiger partial charge in [0.05, 0.1) is 24.4 Å². The summed E-state index contributed by atoms with van der Waals surface area (Å²) in [7, 11) is 0. The number of nitriles is 1. The van der Waals surface area contributed by atoms with Crippen molar-refractivity contribution in [2.45, 2.75) is 45.8 Å². The number of nitrogens with zero attached hydrogens (tertiary/aromatic N) is 3. The fourth-order valence-corrected chi connectivity index (χ4v) is 3.72. The molecule has 3 rings (SSSR count). The SMILES string of the molecule is CCC(C)C(CNCc1ccc(Cl)cc1)NC(=O)Cc1cncn1Cc1ccc(C#N)cc1. The quantitative estimate of drug-likeness (QED) is 0.443. The minimum atomic E-state index is -0.0184. The van der Waals surface area contributed by atoms with Crippen molar-refractivity contribution in [1.29, 1.82) is 5.26 Å². The van der Waals surface area contributed by atoms with Crippen molar-refractivity contribution in [3.05, 3.63) is 88.5 Å². The Labute approximate surface area is 200 Å². The zero-order chi connectivity index (χ0) is 23.6. The van der Waals surface area contributed by atoms with E-state index in [2.05, 4.69) is 35.5 Å². The predicted molar refractivity (Wildman–Crippen MR) is 131 cm³/mol. The molecule has 0 aliphatic carbocycles. The number of carbonyl (C=O) groups is 1. The van der Waals surface area contributed by atoms with Gasteiger partial charge in [-0.1, -0.05) is 56.1 Å². The van der Waals surface area contributed by atoms with E-state index in [0.717, 1.165) is 34.8 Å². The van der Waals surface area contributed by atoms with Crippen LogP contribution in [0.4, 0.5) is 0 Å². The van der Waals surface area contributed by atoms with Crippen molar-refractivity contribution in [3.63, 3.8) is 0 Å². The van der Waals surface area contributed by atoms with Crippen LogP contribution in [0, 0.1) is 17.2 Å². The molecule has 2 aromatic carbocycles. The second-order valence-electron chi connectivity index (χ2n) is 8.32. The molecule has 0 spiro atoms. The van der Waals surface area contributed by atoms with Crippen molar-refractivity contribution >= 4 is 17.5 Å². The maximum absolute atomic E-state index is 12.9. The summed E-state index contributed by atoms with van der Waals surface area (Å²) in [6.45, 7) is 6.30. The van der Waals surface area contributed by atoms with Crippen LogP contribution in [0.1, 0.15) is 42.7 Å². The molecule has 2 atom stereocenters. The van der Waals surface area contributed by atoms with Crippen molar-refractivity contribution < 1.29 is 4.79 Å². The Balaban J connectivity index is 1.56. The summed E-state index contributed by atoms with van der Waals surface area (Å²) in [6.07, 6.45) is 4.71. The number of amides is 1. The molecule has 2 N–H and O–H groups in total. The molecule has 33 heavy (non-hydrogen) atoms. The average Bonchev–Trinajstić information content (AvgIpc) is 3.25. The molecule has 172 valence electrons. The molecule has 6 nitrogen and oxygen atoms in total. The maximum atomic E-state index is 12.9. The minimum Gasteiger partial charge on any atom is -0.351 e. The highest BCUT2D eigenvalue weighted by Crippen LogP contribution is 2.12. The van der Waals surface area contributed by atoms with Gasteiger partial charge in [-0.2, -0.15) is 5.26 Å². The summed E-state index contributed by atoms with van der Waals surface area (Å²) < 4.78 is 1.97. The van der Waals surface area contributed by atoms with Gasteiger partial charge < -0.3 is 15.2 Å². The fraction of sp³-hybridized carbons (Fsp3) is 0.346. The molecular weight excluding hydrogens is 434 g/mol. The maximum Gasteiger partial charge on any atom is 0.226 e. The van der Waals surface area contributed by atoms with Crippen LogP contribution in [0.3, 0.4) is 0 Å². The Morgan fingerprint density at radius 1 is 1.15 bits per heavy atom. The van der Waals surface area contributed by atoms with Crippen molar-refractivity contribution in [2.24, 2.45) is 5.92 Å². The smallest absolute Gasteiger partial charge is 0.226 e. The molecule has 1 aromatic heterocycles. The first-order valence-electron chi connectivity index (χ1n) is 11.2. The molecule has 0 fully saturated rings. The van der Waals surface area contributed by atoms with E-state index in [1.165, 1.54) is 0 Å². The van der Waals surface area contributed by atoms with Crippen LogP contribution in [0.2, 0.25) is 5.02 Å². The van der Waals surface area contributed by atoms with Crippen LogP contribution in [0.5, 0.6) is 0 Å². The third kappa shape index (κ3) is 7.45. The van der Waals surface area contributed by atoms with E-state index in [9.17, 15) is 4.79 Å². The van der Waals surface area contributed by atoms with Gasteiger partial charge in [0.15, 0.2) is 0 Å². The third-order valence-corrected chi connectivity index (χ3v) is 6.11. The van der Waals surface area contributed by atoms with Crippen molar-refractivity contribution in [2.75, 3.05) is 6.54 Å². The molecule has 3 aromatic rings. The number of rotatable bonds is 11.